The lowest BCUT2D eigenvalue weighted by molar-refractivity contribution is 0.852. The lowest BCUT2D eigenvalue weighted by atomic mass is 10.2. The monoisotopic (exact) mass is 255 g/mol. The van der Waals surface area contributed by atoms with E-state index >= 15 is 0 Å². The molecule has 0 saturated carbocycles. The van der Waals surface area contributed by atoms with Crippen molar-refractivity contribution in [2.45, 2.75) is 19.8 Å². The average Bonchev–Trinajstić information content (AvgIpc) is 2.93. The van der Waals surface area contributed by atoms with Crippen LogP contribution in [-0.4, -0.2) is 28.3 Å². The van der Waals surface area contributed by atoms with Crippen LogP contribution in [0.1, 0.15) is 18.4 Å². The third-order valence-corrected chi connectivity index (χ3v) is 3.23. The summed E-state index contributed by atoms with van der Waals surface area (Å²) in [5, 5.41) is 11.4. The van der Waals surface area contributed by atoms with Crippen LogP contribution in [0.3, 0.4) is 0 Å². The van der Waals surface area contributed by atoms with Crippen molar-refractivity contribution in [3.05, 3.63) is 36.0 Å². The van der Waals surface area contributed by atoms with Crippen LogP contribution in [0.4, 0.5) is 17.5 Å². The maximum atomic E-state index is 4.52. The minimum Gasteiger partial charge on any atom is -0.339 e. The SMILES string of the molecule is Cc1cccc(Nc2cnnc(N3CCCC3)n2)c1. The predicted octanol–water partition coefficient (Wildman–Crippen LogP) is 2.52. The molecule has 98 valence electrons. The Bertz CT molecular complexity index is 563. The molecule has 0 unspecified atom stereocenters. The predicted molar refractivity (Wildman–Crippen MR) is 75.7 cm³/mol. The molecule has 1 aromatic heterocycles. The van der Waals surface area contributed by atoms with Crippen LogP contribution in [-0.2, 0) is 0 Å². The van der Waals surface area contributed by atoms with E-state index in [1.54, 1.807) is 6.20 Å². The first-order valence-corrected chi connectivity index (χ1v) is 6.60. The van der Waals surface area contributed by atoms with Gasteiger partial charge in [0.15, 0.2) is 5.82 Å². The fourth-order valence-corrected chi connectivity index (χ4v) is 2.28. The summed E-state index contributed by atoms with van der Waals surface area (Å²) >= 11 is 0. The van der Waals surface area contributed by atoms with E-state index in [1.807, 2.05) is 12.1 Å². The van der Waals surface area contributed by atoms with Gasteiger partial charge in [-0.25, -0.2) is 0 Å². The third kappa shape index (κ3) is 2.81. The van der Waals surface area contributed by atoms with Crippen molar-refractivity contribution >= 4 is 17.5 Å². The number of aryl methyl sites for hydroxylation is 1. The smallest absolute Gasteiger partial charge is 0.247 e. The molecule has 0 radical (unpaired) electrons. The summed E-state index contributed by atoms with van der Waals surface area (Å²) in [5.41, 5.74) is 2.24. The largest absolute Gasteiger partial charge is 0.339 e. The van der Waals surface area contributed by atoms with E-state index in [0.717, 1.165) is 30.5 Å². The number of nitrogens with zero attached hydrogens (tertiary/aromatic N) is 4. The van der Waals surface area contributed by atoms with E-state index in [1.165, 1.54) is 18.4 Å². The van der Waals surface area contributed by atoms with Gasteiger partial charge < -0.3 is 10.2 Å². The van der Waals surface area contributed by atoms with Gasteiger partial charge in [-0.2, -0.15) is 10.1 Å². The van der Waals surface area contributed by atoms with Crippen LogP contribution in [0.2, 0.25) is 0 Å². The minimum absolute atomic E-state index is 0.718. The number of anilines is 3. The maximum Gasteiger partial charge on any atom is 0.247 e. The van der Waals surface area contributed by atoms with Crippen molar-refractivity contribution < 1.29 is 0 Å². The Kier molecular flexibility index (Phi) is 3.27. The number of hydrogen-bond donors (Lipinski definition) is 1. The Morgan fingerprint density at radius 2 is 2.05 bits per heavy atom. The van der Waals surface area contributed by atoms with Gasteiger partial charge in [0.05, 0.1) is 6.20 Å². The summed E-state index contributed by atoms with van der Waals surface area (Å²) in [5.74, 6) is 1.46. The number of nitrogens with one attached hydrogen (secondary N) is 1. The molecule has 1 aliphatic rings. The molecule has 0 amide bonds. The van der Waals surface area contributed by atoms with Crippen LogP contribution >= 0.6 is 0 Å². The van der Waals surface area contributed by atoms with Gasteiger partial charge in [-0.15, -0.1) is 5.10 Å². The zero-order chi connectivity index (χ0) is 13.1. The molecule has 0 spiro atoms. The molecule has 5 nitrogen and oxygen atoms in total. The zero-order valence-corrected chi connectivity index (χ0v) is 11.0. The molecule has 19 heavy (non-hydrogen) atoms. The first kappa shape index (κ1) is 11.9. The van der Waals surface area contributed by atoms with Gasteiger partial charge in [0, 0.05) is 18.8 Å². The standard InChI is InChI=1S/C14H17N5/c1-11-5-4-6-12(9-11)16-13-10-15-18-14(17-13)19-7-2-3-8-19/h4-6,9-10H,2-3,7-8H2,1H3,(H,16,17,18). The number of aromatic nitrogens is 3. The Hall–Kier alpha value is -2.17. The molecule has 1 fully saturated rings. The fourth-order valence-electron chi connectivity index (χ4n) is 2.28. The summed E-state index contributed by atoms with van der Waals surface area (Å²) in [6, 6.07) is 8.19. The summed E-state index contributed by atoms with van der Waals surface area (Å²) in [6.45, 7) is 4.12. The van der Waals surface area contributed by atoms with Gasteiger partial charge in [0.25, 0.3) is 0 Å². The molecule has 0 atom stereocenters. The van der Waals surface area contributed by atoms with E-state index in [0.29, 0.717) is 0 Å². The molecule has 1 aliphatic heterocycles. The highest BCUT2D eigenvalue weighted by Gasteiger charge is 2.15. The van der Waals surface area contributed by atoms with Crippen molar-refractivity contribution in [1.82, 2.24) is 15.2 Å². The van der Waals surface area contributed by atoms with E-state index in [-0.39, 0.29) is 0 Å². The Balaban J connectivity index is 1.79. The molecule has 2 aromatic rings. The topological polar surface area (TPSA) is 53.9 Å². The van der Waals surface area contributed by atoms with Crippen LogP contribution in [0.5, 0.6) is 0 Å². The van der Waals surface area contributed by atoms with Crippen molar-refractivity contribution in [2.24, 2.45) is 0 Å². The Labute approximate surface area is 112 Å². The number of benzene rings is 1. The zero-order valence-electron chi connectivity index (χ0n) is 11.0. The molecule has 1 saturated heterocycles. The summed E-state index contributed by atoms with van der Waals surface area (Å²) in [7, 11) is 0. The van der Waals surface area contributed by atoms with Crippen molar-refractivity contribution in [1.29, 1.82) is 0 Å². The van der Waals surface area contributed by atoms with E-state index in [9.17, 15) is 0 Å². The molecular weight excluding hydrogens is 238 g/mol. The molecule has 5 heteroatoms. The molecule has 1 N–H and O–H groups in total. The van der Waals surface area contributed by atoms with E-state index in [4.69, 9.17) is 0 Å². The van der Waals surface area contributed by atoms with Gasteiger partial charge in [0.2, 0.25) is 5.95 Å². The normalized spacial score (nSPS) is 14.7. The fraction of sp³-hybridized carbons (Fsp3) is 0.357. The third-order valence-electron chi connectivity index (χ3n) is 3.23. The second-order valence-electron chi connectivity index (χ2n) is 4.83. The molecule has 3 rings (SSSR count). The average molecular weight is 255 g/mol. The summed E-state index contributed by atoms with van der Waals surface area (Å²) in [6.07, 6.45) is 4.07. The van der Waals surface area contributed by atoms with E-state index in [2.05, 4.69) is 44.5 Å². The summed E-state index contributed by atoms with van der Waals surface area (Å²) < 4.78 is 0. The number of hydrogen-bond acceptors (Lipinski definition) is 5. The van der Waals surface area contributed by atoms with Crippen molar-refractivity contribution in [2.75, 3.05) is 23.3 Å². The van der Waals surface area contributed by atoms with Gasteiger partial charge in [-0.1, -0.05) is 12.1 Å². The van der Waals surface area contributed by atoms with Gasteiger partial charge in [0.1, 0.15) is 0 Å². The molecule has 0 bridgehead atoms. The lowest BCUT2D eigenvalue weighted by Crippen LogP contribution is -2.21. The molecule has 0 aliphatic carbocycles. The Morgan fingerprint density at radius 1 is 1.21 bits per heavy atom. The highest BCUT2D eigenvalue weighted by Crippen LogP contribution is 2.19. The first-order valence-electron chi connectivity index (χ1n) is 6.60. The van der Waals surface area contributed by atoms with Crippen LogP contribution in [0.15, 0.2) is 30.5 Å². The van der Waals surface area contributed by atoms with Gasteiger partial charge >= 0.3 is 0 Å². The minimum atomic E-state index is 0.718. The highest BCUT2D eigenvalue weighted by atomic mass is 15.3. The summed E-state index contributed by atoms with van der Waals surface area (Å²) in [4.78, 5) is 6.70. The first-order chi connectivity index (χ1) is 9.31. The number of rotatable bonds is 3. The lowest BCUT2D eigenvalue weighted by Gasteiger charge is -2.15. The van der Waals surface area contributed by atoms with Crippen molar-refractivity contribution in [3.8, 4) is 0 Å². The van der Waals surface area contributed by atoms with Crippen LogP contribution in [0.25, 0.3) is 0 Å². The second-order valence-corrected chi connectivity index (χ2v) is 4.83. The van der Waals surface area contributed by atoms with Gasteiger partial charge in [-0.3, -0.25) is 0 Å². The molecule has 2 heterocycles. The second kappa shape index (κ2) is 5.22. The maximum absolute atomic E-state index is 4.52. The van der Waals surface area contributed by atoms with Gasteiger partial charge in [-0.05, 0) is 37.5 Å². The van der Waals surface area contributed by atoms with E-state index < -0.39 is 0 Å². The quantitative estimate of drug-likeness (QED) is 0.913. The van der Waals surface area contributed by atoms with Crippen LogP contribution < -0.4 is 10.2 Å². The van der Waals surface area contributed by atoms with Crippen LogP contribution in [0, 0.1) is 6.92 Å². The molecular formula is C14H17N5. The van der Waals surface area contributed by atoms with Crippen molar-refractivity contribution in [3.63, 3.8) is 0 Å². The molecule has 1 aromatic carbocycles. The Morgan fingerprint density at radius 3 is 2.84 bits per heavy atom. The highest BCUT2D eigenvalue weighted by molar-refractivity contribution is 5.57.